The number of nitrogens with zero attached hydrogens (tertiary/aromatic N) is 5. The van der Waals surface area contributed by atoms with Gasteiger partial charge in [-0.15, -0.1) is 0 Å². The Morgan fingerprint density at radius 3 is 2.40 bits per heavy atom. The number of rotatable bonds is 6. The molecule has 2 aromatic heterocycles. The number of hydrogen-bond donors (Lipinski definition) is 3. The second kappa shape index (κ2) is 11.4. The van der Waals surface area contributed by atoms with Crippen molar-refractivity contribution in [1.82, 2.24) is 20.3 Å². The molecule has 0 spiro atoms. The van der Waals surface area contributed by atoms with Crippen LogP contribution in [0.25, 0.3) is 10.9 Å². The number of para-hydroxylation sites is 1. The van der Waals surface area contributed by atoms with Gasteiger partial charge in [-0.3, -0.25) is 0 Å². The zero-order valence-corrected chi connectivity index (χ0v) is 24.0. The van der Waals surface area contributed by atoms with E-state index in [0.29, 0.717) is 28.8 Å². The van der Waals surface area contributed by atoms with Crippen LogP contribution in [0, 0.1) is 18.3 Å². The van der Waals surface area contributed by atoms with Crippen LogP contribution in [0.15, 0.2) is 54.7 Å². The van der Waals surface area contributed by atoms with E-state index in [9.17, 15) is 18.4 Å². The lowest BCUT2D eigenvalue weighted by Gasteiger charge is -2.38. The highest BCUT2D eigenvalue weighted by Gasteiger charge is 2.33. The Balaban J connectivity index is 1.46. The average Bonchev–Trinajstić information content (AvgIpc) is 2.93. The smallest absolute Gasteiger partial charge is 0.370 e. The summed E-state index contributed by atoms with van der Waals surface area (Å²) >= 11 is 0. The number of nitrogens with one attached hydrogen (secondary N) is 3. The summed E-state index contributed by atoms with van der Waals surface area (Å²) in [5.74, 6) is 0.240. The van der Waals surface area contributed by atoms with Gasteiger partial charge in [-0.05, 0) is 70.4 Å². The average molecular weight is 575 g/mol. The van der Waals surface area contributed by atoms with Crippen LogP contribution in [0.1, 0.15) is 50.4 Å². The predicted molar refractivity (Wildman–Crippen MR) is 159 cm³/mol. The molecule has 1 aliphatic rings. The molecule has 1 aliphatic heterocycles. The minimum Gasteiger partial charge on any atom is -0.370 e. The van der Waals surface area contributed by atoms with E-state index < -0.39 is 11.9 Å². The Hall–Kier alpha value is -4.43. The Bertz CT molecular complexity index is 1630. The summed E-state index contributed by atoms with van der Waals surface area (Å²) in [4.78, 5) is 14.6. The van der Waals surface area contributed by atoms with Crippen molar-refractivity contribution in [3.05, 3.63) is 71.5 Å². The van der Waals surface area contributed by atoms with Gasteiger partial charge in [0, 0.05) is 47.6 Å². The maximum Gasteiger partial charge on any atom is 0.433 e. The molecule has 0 amide bonds. The quantitative estimate of drug-likeness (QED) is 0.225. The topological polar surface area (TPSA) is 102 Å². The summed E-state index contributed by atoms with van der Waals surface area (Å²) in [5, 5.41) is 21.2. The van der Waals surface area contributed by atoms with Gasteiger partial charge in [0.05, 0.1) is 11.2 Å². The third-order valence-electron chi connectivity index (χ3n) is 7.12. The van der Waals surface area contributed by atoms with E-state index >= 15 is 0 Å². The van der Waals surface area contributed by atoms with Crippen molar-refractivity contribution < 1.29 is 13.2 Å². The fourth-order valence-electron chi connectivity index (χ4n) is 5.25. The summed E-state index contributed by atoms with van der Waals surface area (Å²) < 4.78 is 39.5. The van der Waals surface area contributed by atoms with Crippen molar-refractivity contribution in [3.63, 3.8) is 0 Å². The number of nitriles is 1. The lowest BCUT2D eigenvalue weighted by atomic mass is 9.98. The first kappa shape index (κ1) is 29.1. The molecule has 42 heavy (non-hydrogen) atoms. The van der Waals surface area contributed by atoms with E-state index in [1.807, 2.05) is 43.3 Å². The van der Waals surface area contributed by atoms with Crippen molar-refractivity contribution in [2.24, 2.45) is 0 Å². The highest BCUT2D eigenvalue weighted by molar-refractivity contribution is 5.98. The van der Waals surface area contributed by atoms with Gasteiger partial charge >= 0.3 is 6.18 Å². The first-order chi connectivity index (χ1) is 19.9. The second-order valence-corrected chi connectivity index (χ2v) is 11.5. The molecule has 2 aromatic carbocycles. The number of pyridine rings is 1. The highest BCUT2D eigenvalue weighted by atomic mass is 19.4. The Morgan fingerprint density at radius 1 is 0.976 bits per heavy atom. The largest absolute Gasteiger partial charge is 0.433 e. The number of hydrogen-bond acceptors (Lipinski definition) is 8. The van der Waals surface area contributed by atoms with E-state index in [1.165, 1.54) is 0 Å². The lowest BCUT2D eigenvalue weighted by molar-refractivity contribution is -0.141. The zero-order valence-electron chi connectivity index (χ0n) is 24.0. The van der Waals surface area contributed by atoms with Gasteiger partial charge in [0.15, 0.2) is 5.82 Å². The van der Waals surface area contributed by atoms with Crippen molar-refractivity contribution in [1.29, 1.82) is 5.26 Å². The summed E-state index contributed by atoms with van der Waals surface area (Å²) in [6.07, 6.45) is -1.61. The van der Waals surface area contributed by atoms with Gasteiger partial charge in [-0.25, -0.2) is 15.0 Å². The summed E-state index contributed by atoms with van der Waals surface area (Å²) in [6, 6.07) is 16.8. The molecule has 0 atom stereocenters. The normalized spacial score (nSPS) is 14.6. The molecule has 0 bridgehead atoms. The van der Waals surface area contributed by atoms with Crippen LogP contribution in [0.5, 0.6) is 0 Å². The van der Waals surface area contributed by atoms with Crippen LogP contribution in [0.2, 0.25) is 0 Å². The van der Waals surface area contributed by atoms with Gasteiger partial charge in [0.25, 0.3) is 0 Å². The van der Waals surface area contributed by atoms with Gasteiger partial charge in [-0.2, -0.15) is 18.4 Å². The van der Waals surface area contributed by atoms with E-state index in [0.717, 1.165) is 60.3 Å². The van der Waals surface area contributed by atoms with Crippen LogP contribution in [0.3, 0.4) is 0 Å². The molecular formula is C31H33F3N8. The Kier molecular flexibility index (Phi) is 7.93. The second-order valence-electron chi connectivity index (χ2n) is 11.5. The number of aryl methyl sites for hydroxylation is 1. The number of piperidine rings is 1. The highest BCUT2D eigenvalue weighted by Crippen LogP contribution is 2.37. The SMILES string of the molecule is Cc1ccc(Nc2nc3ccccc3c(N3CCC(NC(C)(C)C)CC3)c2C#N)cc1Nc1nccc(C(F)(F)F)n1. The van der Waals surface area contributed by atoms with Crippen LogP contribution < -0.4 is 20.9 Å². The molecule has 0 radical (unpaired) electrons. The number of halogens is 3. The third-order valence-corrected chi connectivity index (χ3v) is 7.12. The number of alkyl halides is 3. The molecule has 0 unspecified atom stereocenters. The molecule has 11 heteroatoms. The molecule has 0 aliphatic carbocycles. The van der Waals surface area contributed by atoms with Crippen LogP contribution >= 0.6 is 0 Å². The van der Waals surface area contributed by atoms with Crippen molar-refractivity contribution in [2.45, 2.75) is 58.3 Å². The molecule has 8 nitrogen and oxygen atoms in total. The van der Waals surface area contributed by atoms with E-state index in [1.54, 1.807) is 6.07 Å². The lowest BCUT2D eigenvalue weighted by Crippen LogP contribution is -2.49. The van der Waals surface area contributed by atoms with E-state index in [-0.39, 0.29) is 11.5 Å². The van der Waals surface area contributed by atoms with Gasteiger partial charge in [0.1, 0.15) is 17.3 Å². The zero-order chi connectivity index (χ0) is 30.1. The fraction of sp³-hybridized carbons (Fsp3) is 0.355. The standard InChI is InChI=1S/C31H33F3N8/c1-19-9-10-21(17-25(19)39-29-36-14-11-26(40-29)31(32,33)34)37-28-23(18-35)27(22-7-5-6-8-24(22)38-28)42-15-12-20(13-16-42)41-30(2,3)4/h5-11,14,17,20,41H,12-13,15-16H2,1-4H3,(H,37,38)(H,36,39,40). The third kappa shape index (κ3) is 6.55. The van der Waals surface area contributed by atoms with E-state index in [2.05, 4.69) is 57.7 Å². The molecule has 3 N–H and O–H groups in total. The minimum absolute atomic E-state index is 0.0279. The van der Waals surface area contributed by atoms with Gasteiger partial charge in [-0.1, -0.05) is 24.3 Å². The number of aromatic nitrogens is 3. The molecule has 5 rings (SSSR count). The van der Waals surface area contributed by atoms with Crippen molar-refractivity contribution in [3.8, 4) is 6.07 Å². The molecule has 218 valence electrons. The van der Waals surface area contributed by atoms with Gasteiger partial charge in [0.2, 0.25) is 5.95 Å². The maximum atomic E-state index is 13.2. The number of fused-ring (bicyclic) bond motifs is 1. The van der Waals surface area contributed by atoms with Crippen LogP contribution in [-0.4, -0.2) is 39.6 Å². The first-order valence-corrected chi connectivity index (χ1v) is 13.8. The van der Waals surface area contributed by atoms with Crippen LogP contribution in [0.4, 0.5) is 42.0 Å². The molecule has 1 saturated heterocycles. The van der Waals surface area contributed by atoms with Crippen molar-refractivity contribution in [2.75, 3.05) is 28.6 Å². The monoisotopic (exact) mass is 574 g/mol. The Morgan fingerprint density at radius 2 is 1.71 bits per heavy atom. The fourth-order valence-corrected chi connectivity index (χ4v) is 5.25. The summed E-state index contributed by atoms with van der Waals surface area (Å²) in [6.45, 7) is 9.92. The molecule has 0 saturated carbocycles. The number of benzene rings is 2. The van der Waals surface area contributed by atoms with E-state index in [4.69, 9.17) is 4.98 Å². The minimum atomic E-state index is -4.58. The maximum absolute atomic E-state index is 13.2. The molecular weight excluding hydrogens is 541 g/mol. The predicted octanol–water partition coefficient (Wildman–Crippen LogP) is 7.07. The Labute approximate surface area is 243 Å². The summed E-state index contributed by atoms with van der Waals surface area (Å²) in [5.41, 5.74) is 2.94. The van der Waals surface area contributed by atoms with Gasteiger partial charge < -0.3 is 20.9 Å². The first-order valence-electron chi connectivity index (χ1n) is 13.8. The van der Waals surface area contributed by atoms with Crippen molar-refractivity contribution >= 4 is 39.7 Å². The molecule has 4 aromatic rings. The molecule has 3 heterocycles. The summed E-state index contributed by atoms with van der Waals surface area (Å²) in [7, 11) is 0. The molecule has 1 fully saturated rings. The van der Waals surface area contributed by atoms with Crippen LogP contribution in [-0.2, 0) is 6.18 Å². The number of anilines is 5.